The van der Waals surface area contributed by atoms with Gasteiger partial charge in [0.1, 0.15) is 12.2 Å². The molecule has 0 saturated heterocycles. The molecule has 0 saturated carbocycles. The van der Waals surface area contributed by atoms with E-state index in [2.05, 4.69) is 15.2 Å². The third-order valence-corrected chi connectivity index (χ3v) is 3.63. The summed E-state index contributed by atoms with van der Waals surface area (Å²) < 4.78 is 25.5. The second kappa shape index (κ2) is 11.0. The van der Waals surface area contributed by atoms with Crippen LogP contribution in [-0.2, 0) is 25.2 Å². The van der Waals surface area contributed by atoms with Gasteiger partial charge in [-0.3, -0.25) is 4.52 Å². The fourth-order valence-electron chi connectivity index (χ4n) is 1.98. The summed E-state index contributed by atoms with van der Waals surface area (Å²) in [5.74, 6) is 0. The van der Waals surface area contributed by atoms with E-state index in [1.165, 1.54) is 0 Å². The highest BCUT2D eigenvalue weighted by Gasteiger charge is 2.23. The fraction of sp³-hybridized carbons (Fsp3) is 0.529. The number of nitrogens with one attached hydrogen (secondary N) is 2. The van der Waals surface area contributed by atoms with Gasteiger partial charge in [0.15, 0.2) is 0 Å². The molecule has 11 heteroatoms. The van der Waals surface area contributed by atoms with E-state index < -0.39 is 38.3 Å². The molecule has 0 radical (unpaired) electrons. The topological polar surface area (TPSA) is 143 Å². The molecule has 4 N–H and O–H groups in total. The summed E-state index contributed by atoms with van der Waals surface area (Å²) in [6.07, 6.45) is -1.28. The van der Waals surface area contributed by atoms with Gasteiger partial charge in [0, 0.05) is 6.54 Å². The standard InChI is InChI=1S/C17H27N2O8P/c1-17(2,3)27-16(21)19-14(12-26-28(22,23)24)9-10-18-15(20)25-11-13-7-5-4-6-8-13/h4-8,14H,9-12H2,1-3H3,(H,18,20)(H,19,21)(H2,22,23,24). The number of benzene rings is 1. The van der Waals surface area contributed by atoms with Gasteiger partial charge in [-0.05, 0) is 32.8 Å². The Bertz CT molecular complexity index is 671. The molecular weight excluding hydrogens is 391 g/mol. The first-order chi connectivity index (χ1) is 12.9. The highest BCUT2D eigenvalue weighted by atomic mass is 31.2. The van der Waals surface area contributed by atoms with Crippen LogP contribution >= 0.6 is 7.82 Å². The van der Waals surface area contributed by atoms with Gasteiger partial charge in [-0.2, -0.15) is 0 Å². The summed E-state index contributed by atoms with van der Waals surface area (Å²) in [5.41, 5.74) is 0.0928. The monoisotopic (exact) mass is 418 g/mol. The minimum absolute atomic E-state index is 0.0820. The fourth-order valence-corrected chi connectivity index (χ4v) is 2.36. The lowest BCUT2D eigenvalue weighted by Crippen LogP contribution is -2.43. The summed E-state index contributed by atoms with van der Waals surface area (Å²) in [6.45, 7) is 4.77. The van der Waals surface area contributed by atoms with Crippen LogP contribution in [0.4, 0.5) is 9.59 Å². The molecule has 1 atom stereocenters. The maximum Gasteiger partial charge on any atom is 0.469 e. The van der Waals surface area contributed by atoms with Crippen molar-refractivity contribution in [2.45, 2.75) is 45.4 Å². The lowest BCUT2D eigenvalue weighted by atomic mass is 10.2. The van der Waals surface area contributed by atoms with E-state index in [1.807, 2.05) is 30.3 Å². The van der Waals surface area contributed by atoms with Crippen LogP contribution in [0.15, 0.2) is 30.3 Å². The van der Waals surface area contributed by atoms with E-state index in [1.54, 1.807) is 20.8 Å². The van der Waals surface area contributed by atoms with Crippen molar-refractivity contribution in [2.24, 2.45) is 0 Å². The van der Waals surface area contributed by atoms with Gasteiger partial charge >= 0.3 is 20.0 Å². The largest absolute Gasteiger partial charge is 0.469 e. The Hall–Kier alpha value is -2.13. The molecule has 28 heavy (non-hydrogen) atoms. The summed E-state index contributed by atoms with van der Waals surface area (Å²) in [7, 11) is -4.70. The van der Waals surface area contributed by atoms with Crippen LogP contribution in [-0.4, -0.2) is 46.8 Å². The number of amides is 2. The van der Waals surface area contributed by atoms with Gasteiger partial charge in [0.05, 0.1) is 12.6 Å². The number of carbonyl (C=O) groups excluding carboxylic acids is 2. The molecule has 2 amide bonds. The summed E-state index contributed by atoms with van der Waals surface area (Å²) in [6, 6.07) is 8.33. The Morgan fingerprint density at radius 3 is 2.36 bits per heavy atom. The zero-order chi connectivity index (χ0) is 21.2. The lowest BCUT2D eigenvalue weighted by molar-refractivity contribution is 0.0475. The maximum absolute atomic E-state index is 11.9. The number of alkyl carbamates (subject to hydrolysis) is 2. The third-order valence-electron chi connectivity index (χ3n) is 3.14. The van der Waals surface area contributed by atoms with Crippen molar-refractivity contribution >= 4 is 20.0 Å². The first kappa shape index (κ1) is 23.9. The molecule has 1 aromatic rings. The van der Waals surface area contributed by atoms with Gasteiger partial charge in [-0.25, -0.2) is 14.2 Å². The van der Waals surface area contributed by atoms with E-state index in [0.29, 0.717) is 0 Å². The van der Waals surface area contributed by atoms with Gasteiger partial charge in [-0.15, -0.1) is 0 Å². The minimum Gasteiger partial charge on any atom is -0.445 e. The van der Waals surface area contributed by atoms with Gasteiger partial charge in [0.2, 0.25) is 0 Å². The highest BCUT2D eigenvalue weighted by molar-refractivity contribution is 7.46. The molecule has 0 spiro atoms. The number of rotatable bonds is 9. The molecular formula is C17H27N2O8P. The third kappa shape index (κ3) is 12.3. The highest BCUT2D eigenvalue weighted by Crippen LogP contribution is 2.35. The molecule has 1 rings (SSSR count). The van der Waals surface area contributed by atoms with Crippen molar-refractivity contribution in [1.29, 1.82) is 0 Å². The number of hydrogen-bond donors (Lipinski definition) is 4. The second-order valence-corrected chi connectivity index (χ2v) is 8.15. The quantitative estimate of drug-likeness (QED) is 0.447. The number of carbonyl (C=O) groups is 2. The van der Waals surface area contributed by atoms with E-state index in [4.69, 9.17) is 19.3 Å². The zero-order valence-electron chi connectivity index (χ0n) is 16.1. The van der Waals surface area contributed by atoms with Crippen molar-refractivity contribution in [3.63, 3.8) is 0 Å². The summed E-state index contributed by atoms with van der Waals surface area (Å²) >= 11 is 0. The molecule has 0 aliphatic heterocycles. The Balaban J connectivity index is 2.45. The van der Waals surface area contributed by atoms with Crippen LogP contribution < -0.4 is 10.6 Å². The Labute approximate surface area is 163 Å². The molecule has 0 bridgehead atoms. The molecule has 10 nitrogen and oxygen atoms in total. The number of phosphoric acid groups is 1. The maximum atomic E-state index is 11.9. The van der Waals surface area contributed by atoms with Gasteiger partial charge < -0.3 is 29.9 Å². The molecule has 1 unspecified atom stereocenters. The molecule has 1 aromatic carbocycles. The summed E-state index contributed by atoms with van der Waals surface area (Å²) in [4.78, 5) is 41.2. The first-order valence-electron chi connectivity index (χ1n) is 8.59. The molecule has 0 fully saturated rings. The zero-order valence-corrected chi connectivity index (χ0v) is 17.0. The van der Waals surface area contributed by atoms with Crippen LogP contribution in [0.5, 0.6) is 0 Å². The van der Waals surface area contributed by atoms with E-state index in [-0.39, 0.29) is 19.6 Å². The van der Waals surface area contributed by atoms with Crippen LogP contribution in [0.2, 0.25) is 0 Å². The average molecular weight is 418 g/mol. The van der Waals surface area contributed by atoms with Crippen LogP contribution in [0.25, 0.3) is 0 Å². The molecule has 0 aliphatic carbocycles. The normalized spacial score (nSPS) is 12.8. The van der Waals surface area contributed by atoms with Crippen molar-refractivity contribution in [2.75, 3.05) is 13.2 Å². The van der Waals surface area contributed by atoms with E-state index >= 15 is 0 Å². The van der Waals surface area contributed by atoms with Gasteiger partial charge in [0.25, 0.3) is 0 Å². The van der Waals surface area contributed by atoms with Crippen LogP contribution in [0, 0.1) is 0 Å². The van der Waals surface area contributed by atoms with E-state index in [0.717, 1.165) is 5.56 Å². The Morgan fingerprint density at radius 1 is 1.14 bits per heavy atom. The lowest BCUT2D eigenvalue weighted by Gasteiger charge is -2.23. The van der Waals surface area contributed by atoms with Crippen molar-refractivity contribution in [3.8, 4) is 0 Å². The van der Waals surface area contributed by atoms with Crippen LogP contribution in [0.1, 0.15) is 32.8 Å². The predicted molar refractivity (Wildman–Crippen MR) is 100 cm³/mol. The number of phosphoric ester groups is 1. The van der Waals surface area contributed by atoms with Crippen molar-refractivity contribution in [1.82, 2.24) is 10.6 Å². The van der Waals surface area contributed by atoms with Crippen molar-refractivity contribution < 1.29 is 37.9 Å². The molecule has 0 heterocycles. The number of ether oxygens (including phenoxy) is 2. The first-order valence-corrected chi connectivity index (χ1v) is 10.1. The molecule has 0 aliphatic rings. The van der Waals surface area contributed by atoms with Gasteiger partial charge in [-0.1, -0.05) is 30.3 Å². The molecule has 158 valence electrons. The Kier molecular flexibility index (Phi) is 9.40. The van der Waals surface area contributed by atoms with Crippen LogP contribution in [0.3, 0.4) is 0 Å². The SMILES string of the molecule is CC(C)(C)OC(=O)NC(CCNC(=O)OCc1ccccc1)COP(=O)(O)O. The minimum atomic E-state index is -4.70. The van der Waals surface area contributed by atoms with Crippen molar-refractivity contribution in [3.05, 3.63) is 35.9 Å². The predicted octanol–water partition coefficient (Wildman–Crippen LogP) is 2.31. The average Bonchev–Trinajstić information content (AvgIpc) is 2.56. The molecule has 0 aromatic heterocycles. The van der Waals surface area contributed by atoms with E-state index in [9.17, 15) is 14.2 Å². The second-order valence-electron chi connectivity index (χ2n) is 6.91. The smallest absolute Gasteiger partial charge is 0.445 e. The Morgan fingerprint density at radius 2 is 1.79 bits per heavy atom. The summed E-state index contributed by atoms with van der Waals surface area (Å²) in [5, 5.41) is 4.96. The number of hydrogen-bond acceptors (Lipinski definition) is 6.